The molecule has 9 heteroatoms. The summed E-state index contributed by atoms with van der Waals surface area (Å²) in [6.07, 6.45) is 3.52. The number of pyridine rings is 1. The van der Waals surface area contributed by atoms with Gasteiger partial charge in [0, 0.05) is 47.9 Å². The first-order valence-corrected chi connectivity index (χ1v) is 12.1. The molecule has 3 heterocycles. The van der Waals surface area contributed by atoms with Crippen LogP contribution in [0.2, 0.25) is 0 Å². The second kappa shape index (κ2) is 9.57. The van der Waals surface area contributed by atoms with Crippen LogP contribution < -0.4 is 15.6 Å². The number of carbonyl (C=O) groups excluding carboxylic acids is 1. The number of rotatable bonds is 7. The predicted molar refractivity (Wildman–Crippen MR) is 142 cm³/mol. The summed E-state index contributed by atoms with van der Waals surface area (Å²) in [4.78, 5) is 28.5. The van der Waals surface area contributed by atoms with Gasteiger partial charge in [-0.3, -0.25) is 14.3 Å². The smallest absolute Gasteiger partial charge is 0.274 e. The molecule has 0 spiro atoms. The summed E-state index contributed by atoms with van der Waals surface area (Å²) >= 11 is 0. The normalized spacial score (nSPS) is 11.4. The van der Waals surface area contributed by atoms with E-state index in [-0.39, 0.29) is 18.0 Å². The van der Waals surface area contributed by atoms with Crippen LogP contribution >= 0.6 is 0 Å². The molecule has 0 fully saturated rings. The Balaban J connectivity index is 1.78. The predicted octanol–water partition coefficient (Wildman–Crippen LogP) is 5.01. The number of aromatic amines is 1. The lowest BCUT2D eigenvalue weighted by Gasteiger charge is -2.16. The maximum Gasteiger partial charge on any atom is 0.274 e. The molecule has 5 aromatic rings. The van der Waals surface area contributed by atoms with Gasteiger partial charge in [0.25, 0.3) is 11.5 Å². The largest absolute Gasteiger partial charge is 0.456 e. The molecular formula is C28H28FN5O3. The van der Waals surface area contributed by atoms with Crippen LogP contribution in [0.25, 0.3) is 32.9 Å². The molecule has 8 nitrogen and oxygen atoms in total. The standard InChI is InChI=1S/C28H28FN5O3/c1-5-30-27(35)23-13-20-21(15-33(4)28(36)25(20)31-23)19-12-22-18(14-34(32-22)10-9-29)11-24(19)37-26-16(2)7-6-8-17(26)3/h6-8,11-15,31H,5,9-10H2,1-4H3,(H,30,35). The van der Waals surface area contributed by atoms with Crippen molar-refractivity contribution in [3.05, 3.63) is 76.0 Å². The highest BCUT2D eigenvalue weighted by Gasteiger charge is 2.20. The number of benzene rings is 2. The van der Waals surface area contributed by atoms with Crippen LogP contribution in [0, 0.1) is 13.8 Å². The van der Waals surface area contributed by atoms with E-state index in [2.05, 4.69) is 15.4 Å². The van der Waals surface area contributed by atoms with E-state index < -0.39 is 6.67 Å². The number of aromatic nitrogens is 4. The van der Waals surface area contributed by atoms with E-state index in [0.717, 1.165) is 22.3 Å². The highest BCUT2D eigenvalue weighted by atomic mass is 19.1. The van der Waals surface area contributed by atoms with E-state index in [1.165, 1.54) is 4.57 Å². The quantitative estimate of drug-likeness (QED) is 0.328. The number of alkyl halides is 1. The molecule has 0 aliphatic carbocycles. The summed E-state index contributed by atoms with van der Waals surface area (Å²) in [6, 6.07) is 11.4. The van der Waals surface area contributed by atoms with Crippen LogP contribution in [0.5, 0.6) is 11.5 Å². The molecule has 0 saturated carbocycles. The second-order valence-corrected chi connectivity index (χ2v) is 9.10. The molecule has 0 bridgehead atoms. The van der Waals surface area contributed by atoms with E-state index in [0.29, 0.717) is 45.5 Å². The first-order valence-electron chi connectivity index (χ1n) is 12.1. The Morgan fingerprint density at radius 3 is 2.59 bits per heavy atom. The molecule has 37 heavy (non-hydrogen) atoms. The Morgan fingerprint density at radius 1 is 1.14 bits per heavy atom. The van der Waals surface area contributed by atoms with Gasteiger partial charge in [0.1, 0.15) is 29.4 Å². The molecule has 0 radical (unpaired) electrons. The van der Waals surface area contributed by atoms with Crippen LogP contribution in [0.15, 0.2) is 53.6 Å². The van der Waals surface area contributed by atoms with Gasteiger partial charge in [-0.15, -0.1) is 0 Å². The van der Waals surface area contributed by atoms with Crippen molar-refractivity contribution >= 4 is 27.7 Å². The third-order valence-corrected chi connectivity index (χ3v) is 6.42. The second-order valence-electron chi connectivity index (χ2n) is 9.10. The fourth-order valence-electron chi connectivity index (χ4n) is 4.59. The molecule has 0 saturated heterocycles. The molecule has 3 aromatic heterocycles. The van der Waals surface area contributed by atoms with Gasteiger partial charge in [-0.25, -0.2) is 4.39 Å². The number of carbonyl (C=O) groups is 1. The maximum absolute atomic E-state index is 13.0. The van der Waals surface area contributed by atoms with Crippen LogP contribution in [-0.2, 0) is 13.6 Å². The van der Waals surface area contributed by atoms with Gasteiger partial charge in [0.05, 0.1) is 12.1 Å². The highest BCUT2D eigenvalue weighted by Crippen LogP contribution is 2.40. The number of ether oxygens (including phenoxy) is 1. The summed E-state index contributed by atoms with van der Waals surface area (Å²) < 4.78 is 22.6. The molecule has 0 aliphatic rings. The van der Waals surface area contributed by atoms with Crippen molar-refractivity contribution in [2.45, 2.75) is 27.3 Å². The van der Waals surface area contributed by atoms with Gasteiger partial charge < -0.3 is 19.6 Å². The fourth-order valence-corrected chi connectivity index (χ4v) is 4.59. The van der Waals surface area contributed by atoms with Crippen molar-refractivity contribution in [1.82, 2.24) is 24.6 Å². The fraction of sp³-hybridized carbons (Fsp3) is 0.250. The van der Waals surface area contributed by atoms with E-state index in [4.69, 9.17) is 4.74 Å². The lowest BCUT2D eigenvalue weighted by Crippen LogP contribution is -2.23. The van der Waals surface area contributed by atoms with Crippen molar-refractivity contribution in [1.29, 1.82) is 0 Å². The molecule has 5 rings (SSSR count). The SMILES string of the molecule is CCNC(=O)c1cc2c(-c3cc4nn(CCF)cc4cc3Oc3c(C)cccc3C)cn(C)c(=O)c2[nH]1. The number of para-hydroxylation sites is 1. The number of amides is 1. The average molecular weight is 502 g/mol. The lowest BCUT2D eigenvalue weighted by molar-refractivity contribution is 0.0951. The topological polar surface area (TPSA) is 93.9 Å². The maximum atomic E-state index is 13.0. The zero-order chi connectivity index (χ0) is 26.3. The van der Waals surface area contributed by atoms with E-state index in [1.54, 1.807) is 30.2 Å². The van der Waals surface area contributed by atoms with Gasteiger partial charge >= 0.3 is 0 Å². The van der Waals surface area contributed by atoms with Gasteiger partial charge in [-0.1, -0.05) is 18.2 Å². The van der Waals surface area contributed by atoms with Crippen LogP contribution in [0.4, 0.5) is 4.39 Å². The minimum absolute atomic E-state index is 0.148. The number of fused-ring (bicyclic) bond motifs is 2. The molecule has 2 aromatic carbocycles. The van der Waals surface area contributed by atoms with Crippen LogP contribution in [0.3, 0.4) is 0 Å². The highest BCUT2D eigenvalue weighted by molar-refractivity contribution is 6.04. The summed E-state index contributed by atoms with van der Waals surface area (Å²) in [6.45, 7) is 5.88. The minimum atomic E-state index is -0.528. The molecule has 2 N–H and O–H groups in total. The Morgan fingerprint density at radius 2 is 1.89 bits per heavy atom. The lowest BCUT2D eigenvalue weighted by atomic mass is 10.0. The molecule has 1 amide bonds. The van der Waals surface area contributed by atoms with Crippen molar-refractivity contribution in [2.24, 2.45) is 7.05 Å². The van der Waals surface area contributed by atoms with E-state index in [1.807, 2.05) is 51.1 Å². The number of halogens is 1. The molecule has 0 unspecified atom stereocenters. The monoisotopic (exact) mass is 501 g/mol. The number of hydrogen-bond acceptors (Lipinski definition) is 4. The summed E-state index contributed by atoms with van der Waals surface area (Å²) in [5.74, 6) is 1.00. The van der Waals surface area contributed by atoms with Crippen molar-refractivity contribution in [2.75, 3.05) is 13.2 Å². The van der Waals surface area contributed by atoms with Gasteiger partial charge in [-0.05, 0) is 50.1 Å². The minimum Gasteiger partial charge on any atom is -0.456 e. The van der Waals surface area contributed by atoms with E-state index in [9.17, 15) is 14.0 Å². The molecule has 0 aliphatic heterocycles. The summed E-state index contributed by atoms with van der Waals surface area (Å²) in [5, 5.41) is 8.69. The molecule has 190 valence electrons. The van der Waals surface area contributed by atoms with E-state index >= 15 is 0 Å². The first kappa shape index (κ1) is 24.3. The number of nitrogens with zero attached hydrogens (tertiary/aromatic N) is 3. The van der Waals surface area contributed by atoms with Crippen molar-refractivity contribution < 1.29 is 13.9 Å². The Kier molecular flexibility index (Phi) is 6.29. The number of nitrogens with one attached hydrogen (secondary N) is 2. The number of H-pyrrole nitrogens is 1. The Bertz CT molecular complexity index is 1690. The Labute approximate surface area is 212 Å². The van der Waals surface area contributed by atoms with Crippen molar-refractivity contribution in [3.63, 3.8) is 0 Å². The molecular weight excluding hydrogens is 473 g/mol. The number of hydrogen-bond donors (Lipinski definition) is 2. The van der Waals surface area contributed by atoms with Gasteiger partial charge in [0.15, 0.2) is 0 Å². The van der Waals surface area contributed by atoms with Gasteiger partial charge in [0.2, 0.25) is 0 Å². The van der Waals surface area contributed by atoms with Gasteiger partial charge in [-0.2, -0.15) is 5.10 Å². The summed E-state index contributed by atoms with van der Waals surface area (Å²) in [7, 11) is 1.67. The first-order chi connectivity index (χ1) is 17.8. The van der Waals surface area contributed by atoms with Crippen molar-refractivity contribution in [3.8, 4) is 22.6 Å². The zero-order valence-electron chi connectivity index (χ0n) is 21.2. The zero-order valence-corrected chi connectivity index (χ0v) is 21.2. The Hall–Kier alpha value is -4.40. The average Bonchev–Trinajstić information content (AvgIpc) is 3.48. The number of aryl methyl sites for hydroxylation is 4. The third-order valence-electron chi connectivity index (χ3n) is 6.42. The summed E-state index contributed by atoms with van der Waals surface area (Å²) in [5.41, 5.74) is 4.39. The molecule has 0 atom stereocenters. The van der Waals surface area contributed by atoms with Crippen LogP contribution in [0.1, 0.15) is 28.5 Å². The van der Waals surface area contributed by atoms with Crippen LogP contribution in [-0.4, -0.2) is 38.5 Å². The third kappa shape index (κ3) is 4.37.